The Morgan fingerprint density at radius 3 is 2.30 bits per heavy atom. The summed E-state index contributed by atoms with van der Waals surface area (Å²) in [5.41, 5.74) is 2.36. The van der Waals surface area contributed by atoms with E-state index in [4.69, 9.17) is 4.42 Å². The molecule has 0 spiro atoms. The highest BCUT2D eigenvalue weighted by molar-refractivity contribution is 6.34. The Balaban J connectivity index is 1.57. The predicted octanol–water partition coefficient (Wildman–Crippen LogP) is 3.32. The van der Waals surface area contributed by atoms with Gasteiger partial charge in [-0.25, -0.2) is 4.90 Å². The van der Waals surface area contributed by atoms with Crippen molar-refractivity contribution in [2.75, 3.05) is 4.90 Å². The molecule has 134 valence electrons. The summed E-state index contributed by atoms with van der Waals surface area (Å²) in [5, 5.41) is 2.77. The molecule has 0 fully saturated rings. The van der Waals surface area contributed by atoms with Gasteiger partial charge in [-0.2, -0.15) is 0 Å². The number of nitrogens with zero attached hydrogens (tertiary/aromatic N) is 1. The molecule has 0 atom stereocenters. The average Bonchev–Trinajstić information content (AvgIpc) is 3.28. The number of carbonyl (C=O) groups is 3. The van der Waals surface area contributed by atoms with Crippen LogP contribution < -0.4 is 10.2 Å². The average molecular weight is 360 g/mol. The number of hydrogen-bond acceptors (Lipinski definition) is 4. The molecule has 1 N–H and O–H groups in total. The third-order valence-electron chi connectivity index (χ3n) is 4.50. The number of fused-ring (bicyclic) bond motifs is 1. The molecule has 1 aliphatic heterocycles. The highest BCUT2D eigenvalue weighted by Crippen LogP contribution is 2.30. The smallest absolute Gasteiger partial charge is 0.266 e. The van der Waals surface area contributed by atoms with Gasteiger partial charge < -0.3 is 9.73 Å². The number of nitrogens with one attached hydrogen (secondary N) is 1. The maximum absolute atomic E-state index is 12.6. The van der Waals surface area contributed by atoms with Crippen molar-refractivity contribution in [3.8, 4) is 0 Å². The Morgan fingerprint density at radius 1 is 1.00 bits per heavy atom. The number of imide groups is 1. The molecule has 3 aromatic rings. The minimum Gasteiger partial charge on any atom is -0.467 e. The Morgan fingerprint density at radius 2 is 1.70 bits per heavy atom. The normalized spacial score (nSPS) is 13.0. The summed E-state index contributed by atoms with van der Waals surface area (Å²) in [6.07, 6.45) is 1.54. The molecule has 4 rings (SSSR count). The number of amides is 3. The molecule has 0 radical (unpaired) electrons. The van der Waals surface area contributed by atoms with Crippen LogP contribution in [0.15, 0.2) is 65.3 Å². The Kier molecular flexibility index (Phi) is 4.08. The van der Waals surface area contributed by atoms with Crippen molar-refractivity contribution in [2.45, 2.75) is 13.5 Å². The number of hydrogen-bond donors (Lipinski definition) is 1. The minimum absolute atomic E-state index is 0.261. The van der Waals surface area contributed by atoms with Crippen molar-refractivity contribution in [3.05, 3.63) is 88.9 Å². The van der Waals surface area contributed by atoms with Crippen molar-refractivity contribution in [1.82, 2.24) is 5.32 Å². The van der Waals surface area contributed by atoms with Crippen LogP contribution in [0.1, 0.15) is 42.4 Å². The summed E-state index contributed by atoms with van der Waals surface area (Å²) in [6, 6.07) is 15.2. The first kappa shape index (κ1) is 16.8. The highest BCUT2D eigenvalue weighted by atomic mass is 16.3. The van der Waals surface area contributed by atoms with Crippen LogP contribution in [0, 0.1) is 6.92 Å². The highest BCUT2D eigenvalue weighted by Gasteiger charge is 2.36. The first-order valence-electron chi connectivity index (χ1n) is 8.45. The molecule has 1 aromatic heterocycles. The quantitative estimate of drug-likeness (QED) is 0.724. The van der Waals surface area contributed by atoms with E-state index in [1.165, 1.54) is 0 Å². The molecule has 0 bridgehead atoms. The van der Waals surface area contributed by atoms with Crippen LogP contribution in [0.4, 0.5) is 5.69 Å². The van der Waals surface area contributed by atoms with E-state index in [0.29, 0.717) is 33.7 Å². The number of aryl methyl sites for hydroxylation is 1. The van der Waals surface area contributed by atoms with E-state index in [1.54, 1.807) is 67.8 Å². The Labute approximate surface area is 155 Å². The molecule has 6 heteroatoms. The van der Waals surface area contributed by atoms with Crippen LogP contribution in [-0.4, -0.2) is 17.7 Å². The van der Waals surface area contributed by atoms with Crippen molar-refractivity contribution < 1.29 is 18.8 Å². The number of furan rings is 1. The molecule has 0 saturated heterocycles. The van der Waals surface area contributed by atoms with E-state index in [-0.39, 0.29) is 24.3 Å². The van der Waals surface area contributed by atoms with E-state index in [2.05, 4.69) is 5.32 Å². The van der Waals surface area contributed by atoms with Crippen molar-refractivity contribution in [3.63, 3.8) is 0 Å². The third-order valence-corrected chi connectivity index (χ3v) is 4.50. The monoisotopic (exact) mass is 360 g/mol. The van der Waals surface area contributed by atoms with Gasteiger partial charge in [-0.15, -0.1) is 0 Å². The SMILES string of the molecule is Cc1cc(C(=O)NCc2ccco2)ccc1N1C(=O)c2ccccc2C1=O. The summed E-state index contributed by atoms with van der Waals surface area (Å²) in [7, 11) is 0. The van der Waals surface area contributed by atoms with Crippen molar-refractivity contribution in [2.24, 2.45) is 0 Å². The van der Waals surface area contributed by atoms with Crippen LogP contribution in [0.25, 0.3) is 0 Å². The number of carbonyl (C=O) groups excluding carboxylic acids is 3. The first-order valence-corrected chi connectivity index (χ1v) is 8.45. The molecule has 0 aliphatic carbocycles. The van der Waals surface area contributed by atoms with Crippen LogP contribution in [0.3, 0.4) is 0 Å². The molecule has 0 unspecified atom stereocenters. The van der Waals surface area contributed by atoms with Gasteiger partial charge in [-0.05, 0) is 55.0 Å². The fourth-order valence-electron chi connectivity index (χ4n) is 3.14. The molecule has 2 aromatic carbocycles. The lowest BCUT2D eigenvalue weighted by molar-refractivity contribution is 0.0922. The molecular formula is C21H16N2O4. The Bertz CT molecular complexity index is 1020. The molecule has 0 saturated carbocycles. The number of anilines is 1. The molecule has 6 nitrogen and oxygen atoms in total. The molecule has 3 amide bonds. The first-order chi connectivity index (χ1) is 13.1. The van der Waals surface area contributed by atoms with E-state index >= 15 is 0 Å². The van der Waals surface area contributed by atoms with Crippen LogP contribution >= 0.6 is 0 Å². The maximum Gasteiger partial charge on any atom is 0.266 e. The van der Waals surface area contributed by atoms with Gasteiger partial charge in [0, 0.05) is 5.56 Å². The molecule has 2 heterocycles. The zero-order valence-electron chi connectivity index (χ0n) is 14.6. The minimum atomic E-state index is -0.353. The molecule has 27 heavy (non-hydrogen) atoms. The second-order valence-electron chi connectivity index (χ2n) is 6.25. The zero-order valence-corrected chi connectivity index (χ0v) is 14.6. The lowest BCUT2D eigenvalue weighted by atomic mass is 10.1. The van der Waals surface area contributed by atoms with Gasteiger partial charge >= 0.3 is 0 Å². The number of benzene rings is 2. The summed E-state index contributed by atoms with van der Waals surface area (Å²) in [4.78, 5) is 38.7. The van der Waals surface area contributed by atoms with E-state index in [9.17, 15) is 14.4 Å². The van der Waals surface area contributed by atoms with Crippen molar-refractivity contribution in [1.29, 1.82) is 0 Å². The van der Waals surface area contributed by atoms with Gasteiger partial charge in [0.15, 0.2) is 0 Å². The van der Waals surface area contributed by atoms with Gasteiger partial charge in [0.2, 0.25) is 0 Å². The second kappa shape index (κ2) is 6.57. The van der Waals surface area contributed by atoms with E-state index in [0.717, 1.165) is 4.90 Å². The predicted molar refractivity (Wildman–Crippen MR) is 98.6 cm³/mol. The fourth-order valence-corrected chi connectivity index (χ4v) is 3.14. The van der Waals surface area contributed by atoms with Crippen LogP contribution in [0.5, 0.6) is 0 Å². The number of rotatable bonds is 4. The van der Waals surface area contributed by atoms with Gasteiger partial charge in [0.25, 0.3) is 17.7 Å². The largest absolute Gasteiger partial charge is 0.467 e. The fraction of sp³-hybridized carbons (Fsp3) is 0.0952. The molecular weight excluding hydrogens is 344 g/mol. The summed E-state index contributed by atoms with van der Waals surface area (Å²) < 4.78 is 5.19. The van der Waals surface area contributed by atoms with Crippen LogP contribution in [0.2, 0.25) is 0 Å². The van der Waals surface area contributed by atoms with Gasteiger partial charge in [0.1, 0.15) is 5.76 Å². The molecule has 1 aliphatic rings. The summed E-state index contributed by atoms with van der Waals surface area (Å²) >= 11 is 0. The Hall–Kier alpha value is -3.67. The third kappa shape index (κ3) is 2.91. The second-order valence-corrected chi connectivity index (χ2v) is 6.25. The maximum atomic E-state index is 12.6. The zero-order chi connectivity index (χ0) is 19.0. The lowest BCUT2D eigenvalue weighted by Gasteiger charge is -2.17. The van der Waals surface area contributed by atoms with Crippen molar-refractivity contribution >= 4 is 23.4 Å². The standard InChI is InChI=1S/C21H16N2O4/c1-13-11-14(19(24)22-12-15-5-4-10-27-15)8-9-18(13)23-20(25)16-6-2-3-7-17(16)21(23)26/h2-11H,12H2,1H3,(H,22,24). The summed E-state index contributed by atoms with van der Waals surface area (Å²) in [5.74, 6) is -0.312. The van der Waals surface area contributed by atoms with Gasteiger partial charge in [-0.1, -0.05) is 12.1 Å². The lowest BCUT2D eigenvalue weighted by Crippen LogP contribution is -2.30. The summed E-state index contributed by atoms with van der Waals surface area (Å²) in [6.45, 7) is 2.05. The van der Waals surface area contributed by atoms with Gasteiger partial charge in [-0.3, -0.25) is 14.4 Å². The van der Waals surface area contributed by atoms with Gasteiger partial charge in [0.05, 0.1) is 29.6 Å². The topological polar surface area (TPSA) is 79.6 Å². The van der Waals surface area contributed by atoms with E-state index in [1.807, 2.05) is 0 Å². The van der Waals surface area contributed by atoms with E-state index < -0.39 is 0 Å². The van der Waals surface area contributed by atoms with Crippen LogP contribution in [-0.2, 0) is 6.54 Å².